The molecule has 3 heterocycles. The molecule has 1 aliphatic rings. The Labute approximate surface area is 159 Å². The van der Waals surface area contributed by atoms with Crippen molar-refractivity contribution in [3.8, 4) is 0 Å². The number of thiocarbonyl (C=S) groups is 1. The number of methoxy groups -OCH3 is 1. The number of β-amino-alcohol motifs (C(OH)–C–C–N with tert-alkyl or cyclic N) is 1. The van der Waals surface area contributed by atoms with E-state index in [-0.39, 0.29) is 18.7 Å². The molecule has 7 heteroatoms. The van der Waals surface area contributed by atoms with Crippen molar-refractivity contribution in [1.29, 1.82) is 0 Å². The van der Waals surface area contributed by atoms with Gasteiger partial charge in [0.1, 0.15) is 0 Å². The maximum absolute atomic E-state index is 9.54. The summed E-state index contributed by atoms with van der Waals surface area (Å²) in [6.45, 7) is 6.26. The summed E-state index contributed by atoms with van der Waals surface area (Å²) in [6.07, 6.45) is 1.80. The van der Waals surface area contributed by atoms with Gasteiger partial charge in [-0.1, -0.05) is 6.07 Å². The summed E-state index contributed by atoms with van der Waals surface area (Å²) in [5.74, 6) is 0. The normalized spacial score (nSPS) is 19.8. The molecule has 6 nitrogen and oxygen atoms in total. The molecule has 1 fully saturated rings. The highest BCUT2D eigenvalue weighted by atomic mass is 32.1. The zero-order valence-corrected chi connectivity index (χ0v) is 16.3. The van der Waals surface area contributed by atoms with E-state index in [1.165, 1.54) is 17.0 Å². The lowest BCUT2D eigenvalue weighted by molar-refractivity contribution is 0.186. The van der Waals surface area contributed by atoms with Gasteiger partial charge >= 0.3 is 0 Å². The minimum atomic E-state index is -0.0494. The highest BCUT2D eigenvalue weighted by molar-refractivity contribution is 7.80. The van der Waals surface area contributed by atoms with Crippen molar-refractivity contribution in [3.63, 3.8) is 0 Å². The summed E-state index contributed by atoms with van der Waals surface area (Å²) in [5, 5.41) is 13.6. The second-order valence-electron chi connectivity index (χ2n) is 6.51. The van der Waals surface area contributed by atoms with E-state index in [1.807, 2.05) is 18.2 Å². The lowest BCUT2D eigenvalue weighted by atomic mass is 9.97. The first-order valence-corrected chi connectivity index (χ1v) is 9.23. The molecular formula is C19H26N4O2S. The van der Waals surface area contributed by atoms with Gasteiger partial charge in [0.05, 0.1) is 31.0 Å². The predicted molar refractivity (Wildman–Crippen MR) is 105 cm³/mol. The van der Waals surface area contributed by atoms with Crippen LogP contribution in [0.25, 0.3) is 0 Å². The fourth-order valence-electron chi connectivity index (χ4n) is 3.75. The molecule has 2 aromatic rings. The summed E-state index contributed by atoms with van der Waals surface area (Å²) in [5.41, 5.74) is 4.54. The number of hydrogen-bond acceptors (Lipinski definition) is 4. The van der Waals surface area contributed by atoms with E-state index in [0.29, 0.717) is 18.3 Å². The summed E-state index contributed by atoms with van der Waals surface area (Å²) in [4.78, 5) is 6.60. The van der Waals surface area contributed by atoms with Crippen molar-refractivity contribution in [2.24, 2.45) is 0 Å². The first kappa shape index (κ1) is 18.8. The van der Waals surface area contributed by atoms with Crippen LogP contribution in [-0.2, 0) is 11.3 Å². The van der Waals surface area contributed by atoms with E-state index in [1.54, 1.807) is 13.3 Å². The molecule has 2 atom stereocenters. The Morgan fingerprint density at radius 2 is 2.12 bits per heavy atom. The predicted octanol–water partition coefficient (Wildman–Crippen LogP) is 2.11. The van der Waals surface area contributed by atoms with Crippen molar-refractivity contribution in [2.45, 2.75) is 32.5 Å². The average Bonchev–Trinajstić information content (AvgIpc) is 3.11. The van der Waals surface area contributed by atoms with E-state index in [9.17, 15) is 5.11 Å². The molecule has 1 aliphatic heterocycles. The van der Waals surface area contributed by atoms with Crippen LogP contribution in [0.15, 0.2) is 30.5 Å². The van der Waals surface area contributed by atoms with E-state index in [0.717, 1.165) is 12.2 Å². The molecule has 2 aromatic heterocycles. The Hall–Kier alpha value is -1.96. The lowest BCUT2D eigenvalue weighted by Crippen LogP contribution is -2.32. The Kier molecular flexibility index (Phi) is 5.90. The van der Waals surface area contributed by atoms with Gasteiger partial charge < -0.3 is 24.6 Å². The Balaban J connectivity index is 2.03. The number of nitrogens with zero attached hydrogens (tertiary/aromatic N) is 3. The van der Waals surface area contributed by atoms with Crippen LogP contribution in [-0.4, -0.2) is 51.5 Å². The van der Waals surface area contributed by atoms with Crippen LogP contribution < -0.4 is 5.32 Å². The molecule has 0 amide bonds. The van der Waals surface area contributed by atoms with Crippen molar-refractivity contribution in [1.82, 2.24) is 19.8 Å². The molecule has 140 valence electrons. The van der Waals surface area contributed by atoms with E-state index >= 15 is 0 Å². The highest BCUT2D eigenvalue weighted by Gasteiger charge is 2.40. The van der Waals surface area contributed by atoms with Crippen LogP contribution in [0.3, 0.4) is 0 Å². The molecule has 1 saturated heterocycles. The summed E-state index contributed by atoms with van der Waals surface area (Å²) < 4.78 is 7.52. The SMILES string of the molecule is COCCn1c(C)cc(C2C(c3ccccn3)NC(=S)N2CCO)c1C. The topological polar surface area (TPSA) is 62.5 Å². The molecule has 0 saturated carbocycles. The molecule has 2 N–H and O–H groups in total. The quantitative estimate of drug-likeness (QED) is 0.724. The molecule has 26 heavy (non-hydrogen) atoms. The van der Waals surface area contributed by atoms with Crippen LogP contribution in [0.4, 0.5) is 0 Å². The van der Waals surface area contributed by atoms with Crippen molar-refractivity contribution < 1.29 is 9.84 Å². The van der Waals surface area contributed by atoms with Gasteiger partial charge in [0, 0.05) is 37.8 Å². The number of pyridine rings is 1. The molecule has 2 unspecified atom stereocenters. The molecule has 0 bridgehead atoms. The number of aromatic nitrogens is 2. The van der Waals surface area contributed by atoms with Crippen molar-refractivity contribution >= 4 is 17.3 Å². The monoisotopic (exact) mass is 374 g/mol. The zero-order chi connectivity index (χ0) is 18.7. The number of rotatable bonds is 7. The van der Waals surface area contributed by atoms with Crippen LogP contribution >= 0.6 is 12.2 Å². The smallest absolute Gasteiger partial charge is 0.170 e. The number of aryl methyl sites for hydroxylation is 1. The molecule has 0 aliphatic carbocycles. The molecule has 0 spiro atoms. The van der Waals surface area contributed by atoms with Crippen LogP contribution in [0.5, 0.6) is 0 Å². The number of nitrogens with one attached hydrogen (secondary N) is 1. The molecule has 3 rings (SSSR count). The Bertz CT molecular complexity index is 762. The first-order chi connectivity index (χ1) is 12.6. The summed E-state index contributed by atoms with van der Waals surface area (Å²) >= 11 is 5.56. The standard InChI is InChI=1S/C19H26N4O2S/c1-13-12-15(14(2)22(13)9-11-25-3)18-17(16-6-4-5-7-20-16)21-19(26)23(18)8-10-24/h4-7,12,17-18,24H,8-11H2,1-3H3,(H,21,26). The Morgan fingerprint density at radius 3 is 2.77 bits per heavy atom. The van der Waals surface area contributed by atoms with Gasteiger partial charge in [0.25, 0.3) is 0 Å². The van der Waals surface area contributed by atoms with Gasteiger partial charge in [-0.3, -0.25) is 4.98 Å². The lowest BCUT2D eigenvalue weighted by Gasteiger charge is -2.27. The third kappa shape index (κ3) is 3.47. The number of aliphatic hydroxyl groups excluding tert-OH is 1. The summed E-state index contributed by atoms with van der Waals surface area (Å²) in [7, 11) is 1.72. The van der Waals surface area contributed by atoms with Gasteiger partial charge in [-0.25, -0.2) is 0 Å². The van der Waals surface area contributed by atoms with Crippen LogP contribution in [0.1, 0.15) is 34.7 Å². The van der Waals surface area contributed by atoms with E-state index < -0.39 is 0 Å². The van der Waals surface area contributed by atoms with Crippen molar-refractivity contribution in [2.75, 3.05) is 26.9 Å². The molecular weight excluding hydrogens is 348 g/mol. The van der Waals surface area contributed by atoms with Gasteiger partial charge in [-0.15, -0.1) is 0 Å². The number of ether oxygens (including phenoxy) is 1. The zero-order valence-electron chi connectivity index (χ0n) is 15.5. The molecule has 0 aromatic carbocycles. The van der Waals surface area contributed by atoms with Gasteiger partial charge in [-0.05, 0) is 49.8 Å². The highest BCUT2D eigenvalue weighted by Crippen LogP contribution is 2.40. The van der Waals surface area contributed by atoms with Gasteiger partial charge in [-0.2, -0.15) is 0 Å². The van der Waals surface area contributed by atoms with Gasteiger partial charge in [0.2, 0.25) is 0 Å². The summed E-state index contributed by atoms with van der Waals surface area (Å²) in [6, 6.07) is 8.07. The second-order valence-corrected chi connectivity index (χ2v) is 6.90. The third-order valence-electron chi connectivity index (χ3n) is 4.99. The maximum atomic E-state index is 9.54. The minimum Gasteiger partial charge on any atom is -0.395 e. The first-order valence-electron chi connectivity index (χ1n) is 8.83. The third-order valence-corrected chi connectivity index (χ3v) is 5.34. The van der Waals surface area contributed by atoms with Crippen LogP contribution in [0.2, 0.25) is 0 Å². The Morgan fingerprint density at radius 1 is 1.31 bits per heavy atom. The largest absolute Gasteiger partial charge is 0.395 e. The maximum Gasteiger partial charge on any atom is 0.170 e. The fraction of sp³-hybridized carbons (Fsp3) is 0.474. The number of hydrogen-bond donors (Lipinski definition) is 2. The van der Waals surface area contributed by atoms with Crippen molar-refractivity contribution in [3.05, 3.63) is 53.1 Å². The van der Waals surface area contributed by atoms with Crippen LogP contribution in [0, 0.1) is 13.8 Å². The van der Waals surface area contributed by atoms with E-state index in [4.69, 9.17) is 17.0 Å². The van der Waals surface area contributed by atoms with Gasteiger partial charge in [0.15, 0.2) is 5.11 Å². The number of aliphatic hydroxyl groups is 1. The molecule has 0 radical (unpaired) electrons. The minimum absolute atomic E-state index is 0.00737. The fourth-order valence-corrected chi connectivity index (χ4v) is 4.08. The average molecular weight is 375 g/mol. The second kappa shape index (κ2) is 8.16. The van der Waals surface area contributed by atoms with E-state index in [2.05, 4.69) is 39.7 Å².